The first kappa shape index (κ1) is 20.3. The number of hydrogen-bond acceptors (Lipinski definition) is 4. The summed E-state index contributed by atoms with van der Waals surface area (Å²) in [5.74, 6) is 2.52. The van der Waals surface area contributed by atoms with Gasteiger partial charge in [-0.2, -0.15) is 0 Å². The molecule has 28 heavy (non-hydrogen) atoms. The molecule has 0 aliphatic carbocycles. The Kier molecular flexibility index (Phi) is 6.36. The van der Waals surface area contributed by atoms with Gasteiger partial charge in [0, 0.05) is 45.7 Å². The van der Waals surface area contributed by atoms with Gasteiger partial charge in [0.1, 0.15) is 0 Å². The van der Waals surface area contributed by atoms with Crippen LogP contribution in [-0.4, -0.2) is 37.0 Å². The number of benzene rings is 1. The highest BCUT2D eigenvalue weighted by Gasteiger charge is 2.23. The van der Waals surface area contributed by atoms with Crippen LogP contribution in [-0.2, 0) is 5.75 Å². The van der Waals surface area contributed by atoms with Crippen LogP contribution >= 0.6 is 34.7 Å². The van der Waals surface area contributed by atoms with E-state index in [4.69, 9.17) is 11.6 Å². The van der Waals surface area contributed by atoms with Gasteiger partial charge in [-0.15, -0.1) is 23.1 Å². The van der Waals surface area contributed by atoms with Crippen molar-refractivity contribution in [3.05, 3.63) is 39.7 Å². The first-order valence-corrected chi connectivity index (χ1v) is 12.2. The van der Waals surface area contributed by atoms with Crippen LogP contribution in [0.2, 0.25) is 5.02 Å². The summed E-state index contributed by atoms with van der Waals surface area (Å²) in [4.78, 5) is 18.4. The van der Waals surface area contributed by atoms with Crippen molar-refractivity contribution in [3.8, 4) is 10.4 Å². The van der Waals surface area contributed by atoms with Crippen LogP contribution in [0.15, 0.2) is 29.2 Å². The maximum atomic E-state index is 12.6. The van der Waals surface area contributed by atoms with Gasteiger partial charge in [-0.25, -0.2) is 0 Å². The van der Waals surface area contributed by atoms with Crippen LogP contribution in [0.1, 0.15) is 41.9 Å². The zero-order valence-electron chi connectivity index (χ0n) is 16.5. The number of thiophene rings is 1. The average Bonchev–Trinajstić information content (AvgIpc) is 3.09. The molecule has 2 unspecified atom stereocenters. The summed E-state index contributed by atoms with van der Waals surface area (Å²) < 4.78 is 0. The van der Waals surface area contributed by atoms with Gasteiger partial charge < -0.3 is 10.2 Å². The van der Waals surface area contributed by atoms with E-state index in [-0.39, 0.29) is 5.91 Å². The summed E-state index contributed by atoms with van der Waals surface area (Å²) in [6.45, 7) is 8.87. The average molecular weight is 435 g/mol. The minimum Gasteiger partial charge on any atom is -0.351 e. The fourth-order valence-electron chi connectivity index (χ4n) is 4.40. The molecule has 6 heteroatoms. The molecule has 1 fully saturated rings. The van der Waals surface area contributed by atoms with E-state index in [9.17, 15) is 4.79 Å². The second-order valence-corrected chi connectivity index (χ2v) is 10.7. The molecular weight excluding hydrogens is 408 g/mol. The molecule has 4 rings (SSSR count). The van der Waals surface area contributed by atoms with Gasteiger partial charge in [-0.1, -0.05) is 31.5 Å². The van der Waals surface area contributed by atoms with E-state index in [0.717, 1.165) is 47.0 Å². The van der Waals surface area contributed by atoms with Crippen molar-refractivity contribution in [1.29, 1.82) is 0 Å². The zero-order chi connectivity index (χ0) is 19.7. The molecule has 3 heterocycles. The predicted molar refractivity (Wildman–Crippen MR) is 121 cm³/mol. The normalized spacial score (nSPS) is 21.8. The number of nitrogens with one attached hydrogen (secondary N) is 1. The molecule has 2 atom stereocenters. The summed E-state index contributed by atoms with van der Waals surface area (Å²) >= 11 is 9.52. The quantitative estimate of drug-likeness (QED) is 0.606. The van der Waals surface area contributed by atoms with Gasteiger partial charge in [-0.05, 0) is 55.0 Å². The summed E-state index contributed by atoms with van der Waals surface area (Å²) in [7, 11) is 0. The number of thioether (sulfide) groups is 1. The van der Waals surface area contributed by atoms with Gasteiger partial charge in [0.25, 0.3) is 5.91 Å². The molecule has 1 aromatic heterocycles. The number of carbonyl (C=O) groups is 1. The molecule has 2 aliphatic heterocycles. The lowest BCUT2D eigenvalue weighted by atomic mass is 9.92. The number of rotatable bonds is 5. The van der Waals surface area contributed by atoms with E-state index in [1.807, 2.05) is 12.1 Å². The fourth-order valence-corrected chi connectivity index (χ4v) is 7.00. The molecule has 2 aliphatic rings. The number of fused-ring (bicyclic) bond motifs is 3. The minimum absolute atomic E-state index is 0.0558. The van der Waals surface area contributed by atoms with Crippen molar-refractivity contribution in [2.75, 3.05) is 26.2 Å². The monoisotopic (exact) mass is 434 g/mol. The molecule has 1 amide bonds. The van der Waals surface area contributed by atoms with Gasteiger partial charge in [0.2, 0.25) is 0 Å². The lowest BCUT2D eigenvalue weighted by Crippen LogP contribution is -2.40. The SMILES string of the molecule is CC1CC(C)CN(CCCNC(=O)c2cc3c(s2)-c2ccc(Cl)cc2SC3)C1. The van der Waals surface area contributed by atoms with Crippen LogP contribution in [0.5, 0.6) is 0 Å². The molecule has 1 aromatic carbocycles. The molecular formula is C22H27ClN2OS2. The standard InChI is InChI=1S/C22H27ClN2OS2/c1-14-8-15(2)12-25(11-14)7-3-6-24-22(26)20-9-16-13-27-19-10-17(23)4-5-18(19)21(16)28-20/h4-5,9-10,14-15H,3,6-8,11-13H2,1-2H3,(H,24,26). The lowest BCUT2D eigenvalue weighted by molar-refractivity contribution is 0.0951. The van der Waals surface area contributed by atoms with Crippen molar-refractivity contribution in [2.45, 2.75) is 37.3 Å². The number of hydrogen-bond donors (Lipinski definition) is 1. The summed E-state index contributed by atoms with van der Waals surface area (Å²) in [6.07, 6.45) is 2.34. The Morgan fingerprint density at radius 3 is 2.82 bits per heavy atom. The minimum atomic E-state index is 0.0558. The van der Waals surface area contributed by atoms with Gasteiger partial charge >= 0.3 is 0 Å². The van der Waals surface area contributed by atoms with Crippen molar-refractivity contribution in [1.82, 2.24) is 10.2 Å². The highest BCUT2D eigenvalue weighted by Crippen LogP contribution is 2.46. The van der Waals surface area contributed by atoms with E-state index in [0.29, 0.717) is 0 Å². The van der Waals surface area contributed by atoms with Gasteiger partial charge in [0.05, 0.1) is 4.88 Å². The Morgan fingerprint density at radius 2 is 2.04 bits per heavy atom. The number of halogens is 1. The van der Waals surface area contributed by atoms with Gasteiger partial charge in [0.15, 0.2) is 0 Å². The van der Waals surface area contributed by atoms with Crippen LogP contribution < -0.4 is 5.32 Å². The van der Waals surface area contributed by atoms with E-state index in [2.05, 4.69) is 36.2 Å². The highest BCUT2D eigenvalue weighted by atomic mass is 35.5. The van der Waals surface area contributed by atoms with Crippen LogP contribution in [0.3, 0.4) is 0 Å². The number of nitrogens with zero attached hydrogens (tertiary/aromatic N) is 1. The second kappa shape index (κ2) is 8.78. The van der Waals surface area contributed by atoms with E-state index in [1.54, 1.807) is 23.1 Å². The van der Waals surface area contributed by atoms with Crippen LogP contribution in [0.25, 0.3) is 10.4 Å². The highest BCUT2D eigenvalue weighted by molar-refractivity contribution is 7.98. The molecule has 1 N–H and O–H groups in total. The Morgan fingerprint density at radius 1 is 1.25 bits per heavy atom. The first-order valence-electron chi connectivity index (χ1n) is 10.1. The summed E-state index contributed by atoms with van der Waals surface area (Å²) in [6, 6.07) is 8.08. The number of likely N-dealkylation sites (tertiary alicyclic amines) is 1. The van der Waals surface area contributed by atoms with Crippen molar-refractivity contribution < 1.29 is 4.79 Å². The Bertz CT molecular complexity index is 856. The molecule has 2 aromatic rings. The summed E-state index contributed by atoms with van der Waals surface area (Å²) in [5, 5.41) is 3.89. The van der Waals surface area contributed by atoms with E-state index >= 15 is 0 Å². The maximum Gasteiger partial charge on any atom is 0.261 e. The largest absolute Gasteiger partial charge is 0.351 e. The number of carbonyl (C=O) groups excluding carboxylic acids is 1. The fraction of sp³-hybridized carbons (Fsp3) is 0.500. The predicted octanol–water partition coefficient (Wildman–Crippen LogP) is 5.77. The Balaban J connectivity index is 1.32. The van der Waals surface area contributed by atoms with Crippen LogP contribution in [0, 0.1) is 11.8 Å². The molecule has 0 radical (unpaired) electrons. The molecule has 0 bridgehead atoms. The molecule has 1 saturated heterocycles. The summed E-state index contributed by atoms with van der Waals surface area (Å²) in [5.41, 5.74) is 2.46. The van der Waals surface area contributed by atoms with Crippen molar-refractivity contribution in [3.63, 3.8) is 0 Å². The molecule has 0 spiro atoms. The van der Waals surface area contributed by atoms with Gasteiger partial charge in [-0.3, -0.25) is 4.79 Å². The van der Waals surface area contributed by atoms with E-state index in [1.165, 1.54) is 40.4 Å². The number of amides is 1. The topological polar surface area (TPSA) is 32.3 Å². The third-order valence-electron chi connectivity index (χ3n) is 5.49. The molecule has 150 valence electrons. The zero-order valence-corrected chi connectivity index (χ0v) is 18.9. The van der Waals surface area contributed by atoms with Crippen molar-refractivity contribution >= 4 is 40.6 Å². The maximum absolute atomic E-state index is 12.6. The Hall–Kier alpha value is -1.01. The van der Waals surface area contributed by atoms with Crippen LogP contribution in [0.4, 0.5) is 0 Å². The smallest absolute Gasteiger partial charge is 0.261 e. The second-order valence-electron chi connectivity index (χ2n) is 8.21. The third-order valence-corrected chi connectivity index (χ3v) is 8.03. The Labute approximate surface area is 180 Å². The first-order chi connectivity index (χ1) is 13.5. The molecule has 3 nitrogen and oxygen atoms in total. The molecule has 0 saturated carbocycles. The lowest BCUT2D eigenvalue weighted by Gasteiger charge is -2.34. The van der Waals surface area contributed by atoms with E-state index < -0.39 is 0 Å². The van der Waals surface area contributed by atoms with Crippen molar-refractivity contribution in [2.24, 2.45) is 11.8 Å². The number of piperidine rings is 1. The third kappa shape index (κ3) is 4.59.